The molecule has 1 aromatic heterocycles. The average molecular weight is 336 g/mol. The second-order valence-corrected chi connectivity index (χ2v) is 5.45. The molecular formula is C15H18BrN3O. The van der Waals surface area contributed by atoms with Crippen LogP contribution >= 0.6 is 15.9 Å². The van der Waals surface area contributed by atoms with Gasteiger partial charge in [0.15, 0.2) is 0 Å². The highest BCUT2D eigenvalue weighted by atomic mass is 79.9. The van der Waals surface area contributed by atoms with Gasteiger partial charge in [-0.3, -0.25) is 4.98 Å². The van der Waals surface area contributed by atoms with Crippen LogP contribution in [0.25, 0.3) is 0 Å². The lowest BCUT2D eigenvalue weighted by atomic mass is 10.0. The minimum atomic E-state index is 0.435. The van der Waals surface area contributed by atoms with Crippen LogP contribution in [-0.2, 0) is 6.54 Å². The topological polar surface area (TPSA) is 47.0 Å². The van der Waals surface area contributed by atoms with Gasteiger partial charge in [0.1, 0.15) is 10.4 Å². The molecule has 5 heteroatoms. The molecule has 0 spiro atoms. The predicted octanol–water partition coefficient (Wildman–Crippen LogP) is 3.14. The fourth-order valence-electron chi connectivity index (χ4n) is 1.90. The van der Waals surface area contributed by atoms with E-state index >= 15 is 0 Å². The summed E-state index contributed by atoms with van der Waals surface area (Å²) in [6, 6.07) is 8.19. The van der Waals surface area contributed by atoms with Gasteiger partial charge in [-0.1, -0.05) is 19.1 Å². The summed E-state index contributed by atoms with van der Waals surface area (Å²) in [7, 11) is 1.68. The summed E-state index contributed by atoms with van der Waals surface area (Å²) in [5, 5.41) is 3.40. The van der Waals surface area contributed by atoms with Crippen molar-refractivity contribution in [2.75, 3.05) is 13.7 Å². The number of aromatic nitrogens is 2. The lowest BCUT2D eigenvalue weighted by Gasteiger charge is -2.13. The normalized spacial score (nSPS) is 12.2. The van der Waals surface area contributed by atoms with Crippen molar-refractivity contribution in [3.8, 4) is 5.75 Å². The molecule has 1 atom stereocenters. The van der Waals surface area contributed by atoms with E-state index < -0.39 is 0 Å². The molecule has 20 heavy (non-hydrogen) atoms. The van der Waals surface area contributed by atoms with Crippen LogP contribution in [0, 0.1) is 0 Å². The first-order valence-corrected chi connectivity index (χ1v) is 7.29. The maximum absolute atomic E-state index is 5.16. The number of halogens is 1. The monoisotopic (exact) mass is 335 g/mol. The molecule has 1 aromatic carbocycles. The largest absolute Gasteiger partial charge is 0.497 e. The quantitative estimate of drug-likeness (QED) is 0.880. The Morgan fingerprint density at radius 1 is 1.20 bits per heavy atom. The number of hydrogen-bond donors (Lipinski definition) is 1. The fourth-order valence-corrected chi connectivity index (χ4v) is 2.10. The number of ether oxygens (including phenoxy) is 1. The van der Waals surface area contributed by atoms with Gasteiger partial charge in [-0.25, -0.2) is 4.98 Å². The SMILES string of the molecule is COc1ccc(C(C)CNCc2cnc(Br)cn2)cc1. The van der Waals surface area contributed by atoms with E-state index in [4.69, 9.17) is 4.74 Å². The van der Waals surface area contributed by atoms with E-state index in [0.29, 0.717) is 5.92 Å². The Labute approximate surface area is 127 Å². The molecule has 0 saturated heterocycles. The number of hydrogen-bond acceptors (Lipinski definition) is 4. The van der Waals surface area contributed by atoms with Crippen molar-refractivity contribution in [2.45, 2.75) is 19.4 Å². The molecule has 0 bridgehead atoms. The third kappa shape index (κ3) is 4.28. The third-order valence-corrected chi connectivity index (χ3v) is 3.52. The van der Waals surface area contributed by atoms with Crippen LogP contribution in [0.4, 0.5) is 0 Å². The third-order valence-electron chi connectivity index (χ3n) is 3.12. The van der Waals surface area contributed by atoms with E-state index in [1.54, 1.807) is 19.5 Å². The van der Waals surface area contributed by atoms with Crippen LogP contribution < -0.4 is 10.1 Å². The predicted molar refractivity (Wildman–Crippen MR) is 82.8 cm³/mol. The number of rotatable bonds is 6. The van der Waals surface area contributed by atoms with Crippen molar-refractivity contribution >= 4 is 15.9 Å². The minimum absolute atomic E-state index is 0.435. The zero-order valence-corrected chi connectivity index (χ0v) is 13.2. The molecule has 1 N–H and O–H groups in total. The highest BCUT2D eigenvalue weighted by Crippen LogP contribution is 2.18. The van der Waals surface area contributed by atoms with Crippen LogP contribution in [0.1, 0.15) is 24.1 Å². The van der Waals surface area contributed by atoms with Gasteiger partial charge in [0, 0.05) is 13.1 Å². The molecule has 0 aliphatic carbocycles. The molecule has 4 nitrogen and oxygen atoms in total. The van der Waals surface area contributed by atoms with E-state index in [9.17, 15) is 0 Å². The van der Waals surface area contributed by atoms with Gasteiger partial charge in [-0.05, 0) is 39.5 Å². The van der Waals surface area contributed by atoms with Gasteiger partial charge >= 0.3 is 0 Å². The van der Waals surface area contributed by atoms with Gasteiger partial charge in [-0.2, -0.15) is 0 Å². The average Bonchev–Trinajstić information content (AvgIpc) is 2.49. The lowest BCUT2D eigenvalue weighted by molar-refractivity contribution is 0.414. The first-order chi connectivity index (χ1) is 9.69. The van der Waals surface area contributed by atoms with E-state index in [-0.39, 0.29) is 0 Å². The Morgan fingerprint density at radius 3 is 2.55 bits per heavy atom. The summed E-state index contributed by atoms with van der Waals surface area (Å²) >= 11 is 3.27. The van der Waals surface area contributed by atoms with Crippen LogP contribution in [-0.4, -0.2) is 23.6 Å². The summed E-state index contributed by atoms with van der Waals surface area (Å²) in [4.78, 5) is 8.44. The summed E-state index contributed by atoms with van der Waals surface area (Å²) in [6.45, 7) is 3.81. The summed E-state index contributed by atoms with van der Waals surface area (Å²) in [6.07, 6.45) is 3.49. The molecule has 1 heterocycles. The summed E-state index contributed by atoms with van der Waals surface area (Å²) in [5.74, 6) is 1.32. The summed E-state index contributed by atoms with van der Waals surface area (Å²) < 4.78 is 5.92. The number of benzene rings is 1. The molecule has 0 amide bonds. The van der Waals surface area contributed by atoms with E-state index in [0.717, 1.165) is 29.1 Å². The van der Waals surface area contributed by atoms with Gasteiger partial charge in [0.05, 0.1) is 25.2 Å². The molecule has 0 saturated carbocycles. The van der Waals surface area contributed by atoms with E-state index in [2.05, 4.69) is 50.3 Å². The van der Waals surface area contributed by atoms with Crippen molar-refractivity contribution in [1.29, 1.82) is 0 Å². The standard InChI is InChI=1S/C15H18BrN3O/c1-11(12-3-5-14(20-2)6-4-12)7-17-8-13-9-19-15(16)10-18-13/h3-6,9-11,17H,7-8H2,1-2H3. The number of nitrogens with zero attached hydrogens (tertiary/aromatic N) is 2. The highest BCUT2D eigenvalue weighted by Gasteiger charge is 2.05. The van der Waals surface area contributed by atoms with Gasteiger partial charge in [0.25, 0.3) is 0 Å². The van der Waals surface area contributed by atoms with Crippen molar-refractivity contribution in [3.05, 3.63) is 52.5 Å². The van der Waals surface area contributed by atoms with Crippen LogP contribution in [0.3, 0.4) is 0 Å². The molecular weight excluding hydrogens is 318 g/mol. The maximum Gasteiger partial charge on any atom is 0.124 e. The first-order valence-electron chi connectivity index (χ1n) is 6.50. The lowest BCUT2D eigenvalue weighted by Crippen LogP contribution is -2.20. The Hall–Kier alpha value is -1.46. The zero-order chi connectivity index (χ0) is 14.4. The van der Waals surface area contributed by atoms with Crippen molar-refractivity contribution in [1.82, 2.24) is 15.3 Å². The van der Waals surface area contributed by atoms with Crippen LogP contribution in [0.5, 0.6) is 5.75 Å². The minimum Gasteiger partial charge on any atom is -0.497 e. The first kappa shape index (κ1) is 14.9. The molecule has 0 aliphatic rings. The van der Waals surface area contributed by atoms with Crippen molar-refractivity contribution < 1.29 is 4.74 Å². The summed E-state index contributed by atoms with van der Waals surface area (Å²) in [5.41, 5.74) is 2.23. The van der Waals surface area contributed by atoms with Crippen LogP contribution in [0.15, 0.2) is 41.3 Å². The molecule has 1 unspecified atom stereocenters. The van der Waals surface area contributed by atoms with Crippen LogP contribution in [0.2, 0.25) is 0 Å². The molecule has 0 fully saturated rings. The number of nitrogens with one attached hydrogen (secondary N) is 1. The Morgan fingerprint density at radius 2 is 1.95 bits per heavy atom. The van der Waals surface area contributed by atoms with Crippen molar-refractivity contribution in [3.63, 3.8) is 0 Å². The molecule has 0 radical (unpaired) electrons. The molecule has 0 aliphatic heterocycles. The second kappa shape index (κ2) is 7.36. The number of methoxy groups -OCH3 is 1. The highest BCUT2D eigenvalue weighted by molar-refractivity contribution is 9.10. The smallest absolute Gasteiger partial charge is 0.124 e. The zero-order valence-electron chi connectivity index (χ0n) is 11.6. The van der Waals surface area contributed by atoms with Gasteiger partial charge < -0.3 is 10.1 Å². The Kier molecular flexibility index (Phi) is 5.49. The molecule has 2 rings (SSSR count). The maximum atomic E-state index is 5.16. The Balaban J connectivity index is 1.82. The molecule has 106 valence electrons. The van der Waals surface area contributed by atoms with Gasteiger partial charge in [0.2, 0.25) is 0 Å². The van der Waals surface area contributed by atoms with Crippen molar-refractivity contribution in [2.24, 2.45) is 0 Å². The Bertz CT molecular complexity index is 528. The van der Waals surface area contributed by atoms with E-state index in [1.165, 1.54) is 5.56 Å². The van der Waals surface area contributed by atoms with E-state index in [1.807, 2.05) is 12.1 Å². The second-order valence-electron chi connectivity index (χ2n) is 4.64. The van der Waals surface area contributed by atoms with Gasteiger partial charge in [-0.15, -0.1) is 0 Å². The fraction of sp³-hybridized carbons (Fsp3) is 0.333. The molecule has 2 aromatic rings.